The van der Waals surface area contributed by atoms with Gasteiger partial charge in [-0.25, -0.2) is 0 Å². The molecule has 0 saturated carbocycles. The standard InChI is InChI=1S/C8H12Br2N4O/c1-2-8(4-9,5-10)12-7(15)6-3-11-14-13-6/h3H,2,4-5H2,1H3,(H,12,15)(H,11,13,14). The maximum absolute atomic E-state index is 11.7. The molecular weight excluding hydrogens is 328 g/mol. The summed E-state index contributed by atoms with van der Waals surface area (Å²) in [6.45, 7) is 2.02. The number of aromatic nitrogens is 3. The normalized spacial score (nSPS) is 11.4. The van der Waals surface area contributed by atoms with Crippen LogP contribution in [0, 0.1) is 0 Å². The van der Waals surface area contributed by atoms with Crippen molar-refractivity contribution in [2.24, 2.45) is 0 Å². The molecule has 0 radical (unpaired) electrons. The van der Waals surface area contributed by atoms with Crippen molar-refractivity contribution in [2.75, 3.05) is 10.7 Å². The lowest BCUT2D eigenvalue weighted by molar-refractivity contribution is 0.0910. The lowest BCUT2D eigenvalue weighted by Crippen LogP contribution is -2.51. The van der Waals surface area contributed by atoms with Crippen molar-refractivity contribution in [2.45, 2.75) is 18.9 Å². The highest BCUT2D eigenvalue weighted by atomic mass is 79.9. The number of nitrogens with one attached hydrogen (secondary N) is 2. The van der Waals surface area contributed by atoms with Gasteiger partial charge in [-0.15, -0.1) is 0 Å². The van der Waals surface area contributed by atoms with Crippen LogP contribution in [0.2, 0.25) is 0 Å². The Bertz CT molecular complexity index is 302. The molecule has 7 heteroatoms. The molecule has 2 N–H and O–H groups in total. The van der Waals surface area contributed by atoms with Crippen LogP contribution in [-0.2, 0) is 0 Å². The first kappa shape index (κ1) is 12.6. The number of nitrogens with zero attached hydrogens (tertiary/aromatic N) is 2. The molecule has 0 bridgehead atoms. The van der Waals surface area contributed by atoms with E-state index in [2.05, 4.69) is 52.6 Å². The van der Waals surface area contributed by atoms with Crippen molar-refractivity contribution in [3.63, 3.8) is 0 Å². The molecule has 1 aromatic heterocycles. The monoisotopic (exact) mass is 338 g/mol. The third kappa shape index (κ3) is 3.01. The third-order valence-corrected chi connectivity index (χ3v) is 4.36. The number of alkyl halides is 2. The van der Waals surface area contributed by atoms with Crippen LogP contribution in [0.1, 0.15) is 23.8 Å². The maximum Gasteiger partial charge on any atom is 0.273 e. The first-order valence-corrected chi connectivity index (χ1v) is 6.72. The molecule has 0 aliphatic carbocycles. The van der Waals surface area contributed by atoms with Crippen molar-refractivity contribution < 1.29 is 4.79 Å². The minimum Gasteiger partial charge on any atom is -0.343 e. The highest BCUT2D eigenvalue weighted by molar-refractivity contribution is 9.09. The van der Waals surface area contributed by atoms with E-state index in [1.807, 2.05) is 6.92 Å². The second kappa shape index (κ2) is 5.60. The fourth-order valence-corrected chi connectivity index (χ4v) is 3.00. The Morgan fingerprint density at radius 1 is 1.60 bits per heavy atom. The number of carbonyl (C=O) groups is 1. The Labute approximate surface area is 105 Å². The summed E-state index contributed by atoms with van der Waals surface area (Å²) >= 11 is 6.79. The Morgan fingerprint density at radius 2 is 2.27 bits per heavy atom. The van der Waals surface area contributed by atoms with E-state index in [9.17, 15) is 4.79 Å². The van der Waals surface area contributed by atoms with Gasteiger partial charge in [-0.05, 0) is 6.42 Å². The van der Waals surface area contributed by atoms with Gasteiger partial charge >= 0.3 is 0 Å². The molecular formula is C8H12Br2N4O. The van der Waals surface area contributed by atoms with Gasteiger partial charge in [-0.1, -0.05) is 38.8 Å². The van der Waals surface area contributed by atoms with Crippen molar-refractivity contribution >= 4 is 37.8 Å². The molecule has 0 atom stereocenters. The van der Waals surface area contributed by atoms with Gasteiger partial charge in [-0.2, -0.15) is 15.4 Å². The lowest BCUT2D eigenvalue weighted by Gasteiger charge is -2.29. The molecule has 0 unspecified atom stereocenters. The zero-order valence-electron chi connectivity index (χ0n) is 8.26. The third-order valence-electron chi connectivity index (χ3n) is 2.21. The molecule has 0 saturated heterocycles. The van der Waals surface area contributed by atoms with Crippen LogP contribution in [0.15, 0.2) is 6.20 Å². The van der Waals surface area contributed by atoms with Crippen LogP contribution < -0.4 is 5.32 Å². The van der Waals surface area contributed by atoms with E-state index in [1.54, 1.807) is 0 Å². The molecule has 1 rings (SSSR count). The largest absolute Gasteiger partial charge is 0.343 e. The van der Waals surface area contributed by atoms with Crippen LogP contribution >= 0.6 is 31.9 Å². The highest BCUT2D eigenvalue weighted by Gasteiger charge is 2.28. The molecule has 0 aliphatic heterocycles. The van der Waals surface area contributed by atoms with Crippen LogP contribution in [-0.4, -0.2) is 37.5 Å². The van der Waals surface area contributed by atoms with Gasteiger partial charge in [0.1, 0.15) is 0 Å². The quantitative estimate of drug-likeness (QED) is 0.798. The topological polar surface area (TPSA) is 70.7 Å². The summed E-state index contributed by atoms with van der Waals surface area (Å²) in [5.41, 5.74) is 0.0190. The van der Waals surface area contributed by atoms with E-state index in [1.165, 1.54) is 6.20 Å². The number of hydrogen-bond acceptors (Lipinski definition) is 3. The summed E-state index contributed by atoms with van der Waals surface area (Å²) in [5.74, 6) is -0.218. The predicted octanol–water partition coefficient (Wildman–Crippen LogP) is 1.47. The molecule has 15 heavy (non-hydrogen) atoms. The molecule has 5 nitrogen and oxygen atoms in total. The second-order valence-electron chi connectivity index (χ2n) is 3.21. The van der Waals surface area contributed by atoms with E-state index in [0.29, 0.717) is 16.4 Å². The molecule has 0 aliphatic rings. The van der Waals surface area contributed by atoms with Gasteiger partial charge in [-0.3, -0.25) is 4.79 Å². The first-order valence-electron chi connectivity index (χ1n) is 4.47. The van der Waals surface area contributed by atoms with Gasteiger partial charge in [0.05, 0.1) is 11.7 Å². The van der Waals surface area contributed by atoms with E-state index < -0.39 is 0 Å². The summed E-state index contributed by atoms with van der Waals surface area (Å²) in [5, 5.41) is 14.0. The number of amides is 1. The van der Waals surface area contributed by atoms with Gasteiger partial charge in [0.2, 0.25) is 0 Å². The lowest BCUT2D eigenvalue weighted by atomic mass is 10.0. The number of aromatic amines is 1. The number of rotatable bonds is 5. The van der Waals surface area contributed by atoms with E-state index >= 15 is 0 Å². The van der Waals surface area contributed by atoms with Gasteiger partial charge in [0.25, 0.3) is 5.91 Å². The summed E-state index contributed by atoms with van der Waals surface area (Å²) in [6.07, 6.45) is 2.23. The minimum absolute atomic E-state index is 0.218. The van der Waals surface area contributed by atoms with Crippen LogP contribution in [0.4, 0.5) is 0 Å². The first-order chi connectivity index (χ1) is 7.17. The summed E-state index contributed by atoms with van der Waals surface area (Å²) in [4.78, 5) is 11.7. The molecule has 1 amide bonds. The average molecular weight is 340 g/mol. The zero-order valence-corrected chi connectivity index (χ0v) is 11.4. The van der Waals surface area contributed by atoms with E-state index in [4.69, 9.17) is 0 Å². The summed E-state index contributed by atoms with van der Waals surface area (Å²) in [7, 11) is 0. The summed E-state index contributed by atoms with van der Waals surface area (Å²) in [6, 6.07) is 0. The van der Waals surface area contributed by atoms with Crippen LogP contribution in [0.5, 0.6) is 0 Å². The number of hydrogen-bond donors (Lipinski definition) is 2. The molecule has 0 fully saturated rings. The smallest absolute Gasteiger partial charge is 0.273 e. The Hall–Kier alpha value is -0.430. The Morgan fingerprint density at radius 3 is 2.67 bits per heavy atom. The zero-order chi connectivity index (χ0) is 11.3. The van der Waals surface area contributed by atoms with Crippen LogP contribution in [0.3, 0.4) is 0 Å². The van der Waals surface area contributed by atoms with Crippen molar-refractivity contribution in [3.8, 4) is 0 Å². The molecule has 1 aromatic rings. The van der Waals surface area contributed by atoms with E-state index in [-0.39, 0.29) is 11.4 Å². The molecule has 1 heterocycles. The maximum atomic E-state index is 11.7. The van der Waals surface area contributed by atoms with Crippen molar-refractivity contribution in [1.29, 1.82) is 0 Å². The average Bonchev–Trinajstić information content (AvgIpc) is 2.79. The second-order valence-corrected chi connectivity index (χ2v) is 4.33. The van der Waals surface area contributed by atoms with Crippen LogP contribution in [0.25, 0.3) is 0 Å². The Balaban J connectivity index is 2.71. The molecule has 84 valence electrons. The fourth-order valence-electron chi connectivity index (χ4n) is 0.996. The molecule has 0 spiro atoms. The molecule has 0 aromatic carbocycles. The predicted molar refractivity (Wildman–Crippen MR) is 64.5 cm³/mol. The fraction of sp³-hybridized carbons (Fsp3) is 0.625. The summed E-state index contributed by atoms with van der Waals surface area (Å²) < 4.78 is 0. The Kier molecular flexibility index (Phi) is 4.72. The number of halogens is 2. The van der Waals surface area contributed by atoms with Crippen molar-refractivity contribution in [3.05, 3.63) is 11.9 Å². The van der Waals surface area contributed by atoms with E-state index in [0.717, 1.165) is 6.42 Å². The number of H-pyrrole nitrogens is 1. The minimum atomic E-state index is -0.282. The van der Waals surface area contributed by atoms with Gasteiger partial charge in [0, 0.05) is 10.7 Å². The SMILES string of the molecule is CCC(CBr)(CBr)NC(=O)c1cn[nH]n1. The van der Waals surface area contributed by atoms with Gasteiger partial charge in [0.15, 0.2) is 5.69 Å². The highest BCUT2D eigenvalue weighted by Crippen LogP contribution is 2.17. The number of carbonyl (C=O) groups excluding carboxylic acids is 1. The van der Waals surface area contributed by atoms with Crippen molar-refractivity contribution in [1.82, 2.24) is 20.7 Å². The van der Waals surface area contributed by atoms with Gasteiger partial charge < -0.3 is 5.32 Å².